The maximum atomic E-state index is 12.3. The summed E-state index contributed by atoms with van der Waals surface area (Å²) < 4.78 is 10.9. The van der Waals surface area contributed by atoms with Crippen LogP contribution in [0.25, 0.3) is 0 Å². The Balaban J connectivity index is 0.000000177. The minimum Gasteiger partial charge on any atom is -0.511 e. The summed E-state index contributed by atoms with van der Waals surface area (Å²) in [5, 5.41) is 30.0. The Morgan fingerprint density at radius 1 is 0.553 bits per heavy atom. The van der Waals surface area contributed by atoms with Gasteiger partial charge in [-0.3, -0.25) is 9.59 Å². The molecule has 10 aliphatic heterocycles. The standard InChI is InChI=1S/C35H39BrN4O3.C35H40N4O3/c1-9-20-16(4)23-14-26-29(15(2)3)19(7)33(39-26)31(36)32-17(5)21(10-11-28(42)43-8)34(40-32)22-12-27(41)30-18(6)24(38-35(22)30)13-25(20)37-23;1-9-21-17(4)24-15-29-32(16(2)3)19(6)26(37-29)13-25-18(5)22(10-11-31(41)42-8)34(38-25)23-12-30(40)33-20(7)27(39-35(23)33)14-28(21)36-24/h13-15,17,21,40-41H,9-12H2,1-8H3;13-16,18,22,38,40H,9-12H2,1-8H3/t17-,21-;18-,22-/m00/s1. The maximum Gasteiger partial charge on any atom is 0.305 e. The molecule has 2 aliphatic carbocycles. The molecule has 0 aromatic carbocycles. The predicted molar refractivity (Wildman–Crippen MR) is 344 cm³/mol. The van der Waals surface area contributed by atoms with Crippen LogP contribution >= 0.6 is 15.9 Å². The molecule has 0 spiro atoms. The van der Waals surface area contributed by atoms with Gasteiger partial charge in [-0.1, -0.05) is 55.4 Å². The van der Waals surface area contributed by atoms with E-state index in [1.165, 1.54) is 47.7 Å². The van der Waals surface area contributed by atoms with Crippen molar-refractivity contribution in [2.24, 2.45) is 65.5 Å². The van der Waals surface area contributed by atoms with Gasteiger partial charge in [-0.15, -0.1) is 0 Å². The van der Waals surface area contributed by atoms with E-state index in [-0.39, 0.29) is 41.5 Å². The number of ether oxygens (including phenoxy) is 2. The van der Waals surface area contributed by atoms with Crippen molar-refractivity contribution in [1.29, 1.82) is 0 Å². The first kappa shape index (κ1) is 59.2. The van der Waals surface area contributed by atoms with Crippen molar-refractivity contribution in [3.8, 4) is 0 Å². The van der Waals surface area contributed by atoms with Crippen LogP contribution in [-0.2, 0) is 19.1 Å². The van der Waals surface area contributed by atoms with Crippen molar-refractivity contribution >= 4 is 62.1 Å². The molecule has 14 nitrogen and oxygen atoms in total. The number of carbonyl (C=O) groups excluding carboxylic acids is 2. The lowest BCUT2D eigenvalue weighted by atomic mass is 9.86. The molecular formula is C70H79BrN8O6. The Bertz CT molecular complexity index is 3910. The lowest BCUT2D eigenvalue weighted by Gasteiger charge is -2.17. The number of nitrogens with one attached hydrogen (secondary N) is 2. The summed E-state index contributed by atoms with van der Waals surface area (Å²) in [5.74, 6) is 1.02. The molecule has 15 heteroatoms. The molecule has 4 atom stereocenters. The molecule has 12 aliphatic rings. The third kappa shape index (κ3) is 9.95. The number of hydrogen-bond acceptors (Lipinski definition) is 14. The Labute approximate surface area is 508 Å². The minimum absolute atomic E-state index is 0.00890. The molecule has 0 saturated carbocycles. The number of aliphatic imine (C=N–C) groups is 6. The van der Waals surface area contributed by atoms with Gasteiger partial charge in [0.15, 0.2) is 0 Å². The van der Waals surface area contributed by atoms with E-state index >= 15 is 0 Å². The zero-order valence-electron chi connectivity index (χ0n) is 52.1. The summed E-state index contributed by atoms with van der Waals surface area (Å²) in [7, 11) is 2.86. The molecular weight excluding hydrogens is 1130 g/mol. The Morgan fingerprint density at radius 2 is 0.988 bits per heavy atom. The number of methoxy groups -OCH3 is 2. The zero-order valence-corrected chi connectivity index (χ0v) is 53.7. The zero-order chi connectivity index (χ0) is 60.9. The van der Waals surface area contributed by atoms with E-state index in [9.17, 15) is 19.8 Å². The van der Waals surface area contributed by atoms with E-state index in [4.69, 9.17) is 39.4 Å². The molecule has 0 radical (unpaired) electrons. The highest BCUT2D eigenvalue weighted by molar-refractivity contribution is 9.12. The summed E-state index contributed by atoms with van der Waals surface area (Å²) in [4.78, 5) is 55.3. The van der Waals surface area contributed by atoms with Crippen LogP contribution in [0.1, 0.15) is 148 Å². The number of carbonyl (C=O) groups is 2. The second kappa shape index (κ2) is 22.7. The largest absolute Gasteiger partial charge is 0.511 e. The molecule has 16 bridgehead atoms. The van der Waals surface area contributed by atoms with Crippen molar-refractivity contribution in [3.63, 3.8) is 0 Å². The summed E-state index contributed by atoms with van der Waals surface area (Å²) in [6.45, 7) is 30.2. The van der Waals surface area contributed by atoms with E-state index in [1.807, 2.05) is 13.8 Å². The highest BCUT2D eigenvalue weighted by atomic mass is 79.9. The second-order valence-corrected chi connectivity index (χ2v) is 25.5. The van der Waals surface area contributed by atoms with Gasteiger partial charge in [0, 0.05) is 94.4 Å². The van der Waals surface area contributed by atoms with Crippen LogP contribution in [0.5, 0.6) is 0 Å². The van der Waals surface area contributed by atoms with Gasteiger partial charge in [-0.05, 0) is 181 Å². The number of rotatable bonds is 10. The predicted octanol–water partition coefficient (Wildman–Crippen LogP) is 15.3. The SMILES string of the molecule is CCC1=C(C)C2=NC1=CC1=C(C)C3=C(O)CC(=C4NC(=C(Br)C5=NC(=C2)C(C(C)C)=C5C)[C@@H](C)[C@@H]4CCC(=O)OC)C3=N1.CCC1=C(C)C2=NC1=CC1=C(C)C3=C(O)CC(=C4NC(=CC5=NC(=C2)C(C(C)C)=C5C)[C@@H](C)[C@@H]4CCC(=O)OC)C3=N1. The Morgan fingerprint density at radius 3 is 1.46 bits per heavy atom. The molecule has 4 N–H and O–H groups in total. The number of halogens is 1. The second-order valence-electron chi connectivity index (χ2n) is 24.7. The fraction of sp³-hybridized carbons (Fsp3) is 0.429. The quantitative estimate of drug-likeness (QED) is 0.155. The van der Waals surface area contributed by atoms with Gasteiger partial charge in [0.25, 0.3) is 0 Å². The van der Waals surface area contributed by atoms with E-state index < -0.39 is 0 Å². The topological polar surface area (TPSA) is 191 Å². The summed E-state index contributed by atoms with van der Waals surface area (Å²) in [6, 6.07) is 0. The maximum absolute atomic E-state index is 12.3. The van der Waals surface area contributed by atoms with E-state index in [0.29, 0.717) is 56.0 Å². The van der Waals surface area contributed by atoms with Crippen LogP contribution in [0.2, 0.25) is 0 Å². The van der Waals surface area contributed by atoms with Crippen LogP contribution in [0.3, 0.4) is 0 Å². The minimum atomic E-state index is -0.231. The number of allylic oxidation sites excluding steroid dienone is 24. The highest BCUT2D eigenvalue weighted by Crippen LogP contribution is 2.50. The third-order valence-electron chi connectivity index (χ3n) is 19.2. The fourth-order valence-electron chi connectivity index (χ4n) is 14.6. The first-order valence-corrected chi connectivity index (χ1v) is 31.1. The van der Waals surface area contributed by atoms with E-state index in [2.05, 4.69) is 140 Å². The van der Waals surface area contributed by atoms with Crippen LogP contribution in [0.15, 0.2) is 211 Å². The number of aliphatic hydroxyl groups is 2. The normalized spacial score (nSPS) is 24.9. The van der Waals surface area contributed by atoms with Crippen LogP contribution in [0, 0.1) is 35.5 Å². The smallest absolute Gasteiger partial charge is 0.305 e. The van der Waals surface area contributed by atoms with Crippen LogP contribution in [-0.4, -0.2) is 70.6 Å². The molecule has 0 amide bonds. The van der Waals surface area contributed by atoms with E-state index in [0.717, 1.165) is 153 Å². The number of aliphatic hydroxyl groups excluding tert-OH is 2. The monoisotopic (exact) mass is 1210 g/mol. The van der Waals surface area contributed by atoms with Gasteiger partial charge >= 0.3 is 11.9 Å². The summed E-state index contributed by atoms with van der Waals surface area (Å²) >= 11 is 3.98. The first-order chi connectivity index (χ1) is 40.5. The van der Waals surface area contributed by atoms with Crippen molar-refractivity contribution in [3.05, 3.63) is 181 Å². The van der Waals surface area contributed by atoms with Gasteiger partial charge in [0.1, 0.15) is 11.5 Å². The Kier molecular flexibility index (Phi) is 15.8. The van der Waals surface area contributed by atoms with E-state index in [1.54, 1.807) is 0 Å². The fourth-order valence-corrected chi connectivity index (χ4v) is 15.4. The van der Waals surface area contributed by atoms with Crippen molar-refractivity contribution < 1.29 is 29.3 Å². The summed E-state index contributed by atoms with van der Waals surface area (Å²) in [5.41, 5.74) is 29.9. The lowest BCUT2D eigenvalue weighted by molar-refractivity contribution is -0.141. The third-order valence-corrected chi connectivity index (χ3v) is 20.0. The van der Waals surface area contributed by atoms with Gasteiger partial charge in [-0.2, -0.15) is 0 Å². The lowest BCUT2D eigenvalue weighted by Crippen LogP contribution is -2.16. The number of hydrogen-bond donors (Lipinski definition) is 4. The molecule has 2 fully saturated rings. The number of fused-ring (bicyclic) bond motifs is 10. The molecule has 442 valence electrons. The van der Waals surface area contributed by atoms with Crippen molar-refractivity contribution in [2.45, 2.75) is 148 Å². The highest BCUT2D eigenvalue weighted by Gasteiger charge is 2.45. The molecule has 0 unspecified atom stereocenters. The molecule has 85 heavy (non-hydrogen) atoms. The van der Waals surface area contributed by atoms with Crippen molar-refractivity contribution in [2.75, 3.05) is 14.2 Å². The van der Waals surface area contributed by atoms with Gasteiger partial charge < -0.3 is 30.3 Å². The van der Waals surface area contributed by atoms with Gasteiger partial charge in [-0.25, -0.2) is 30.0 Å². The molecule has 10 heterocycles. The molecule has 12 rings (SSSR count). The number of nitrogens with zero attached hydrogens (tertiary/aromatic N) is 6. The van der Waals surface area contributed by atoms with Gasteiger partial charge in [0.05, 0.1) is 87.2 Å². The summed E-state index contributed by atoms with van der Waals surface area (Å²) in [6.07, 6.45) is 15.0. The molecule has 0 aromatic rings. The Hall–Kier alpha value is -7.52. The first-order valence-electron chi connectivity index (χ1n) is 30.3. The number of esters is 2. The van der Waals surface area contributed by atoms with Crippen LogP contribution < -0.4 is 10.6 Å². The molecule has 2 saturated heterocycles. The molecule has 0 aromatic heterocycles. The van der Waals surface area contributed by atoms with Crippen molar-refractivity contribution in [1.82, 2.24) is 10.6 Å². The van der Waals surface area contributed by atoms with Gasteiger partial charge in [0.2, 0.25) is 0 Å². The average Bonchev–Trinajstić information content (AvgIpc) is 3.38. The van der Waals surface area contributed by atoms with Crippen LogP contribution in [0.4, 0.5) is 0 Å². The average molecular weight is 1210 g/mol.